The first kappa shape index (κ1) is 20.3. The van der Waals surface area contributed by atoms with Gasteiger partial charge in [0.1, 0.15) is 11.4 Å². The third-order valence-electron chi connectivity index (χ3n) is 5.91. The number of benzene rings is 1. The highest BCUT2D eigenvalue weighted by Crippen LogP contribution is 2.47. The molecule has 4 rings (SSSR count). The molecule has 2 heterocycles. The predicted molar refractivity (Wildman–Crippen MR) is 107 cm³/mol. The number of nitrogens with two attached hydrogens (primary N) is 1. The summed E-state index contributed by atoms with van der Waals surface area (Å²) in [6.07, 6.45) is 0.882. The number of nitrogens with zero attached hydrogens (tertiary/aromatic N) is 3. The molecule has 0 amide bonds. The van der Waals surface area contributed by atoms with Gasteiger partial charge >= 0.3 is 6.18 Å². The highest BCUT2D eigenvalue weighted by atomic mass is 19.4. The summed E-state index contributed by atoms with van der Waals surface area (Å²) in [7, 11) is 1.63. The summed E-state index contributed by atoms with van der Waals surface area (Å²) in [5, 5.41) is 0. The van der Waals surface area contributed by atoms with Crippen LogP contribution in [0, 0.1) is 0 Å². The van der Waals surface area contributed by atoms with Crippen LogP contribution in [0.15, 0.2) is 42.7 Å². The first-order valence-corrected chi connectivity index (χ1v) is 9.79. The maximum atomic E-state index is 12.9. The molecular weight excluding hydrogens is 393 g/mol. The van der Waals surface area contributed by atoms with Gasteiger partial charge < -0.3 is 15.0 Å². The number of imidazole rings is 1. The van der Waals surface area contributed by atoms with E-state index < -0.39 is 17.3 Å². The molecule has 1 unspecified atom stereocenters. The van der Waals surface area contributed by atoms with E-state index in [-0.39, 0.29) is 0 Å². The van der Waals surface area contributed by atoms with Crippen LogP contribution in [-0.4, -0.2) is 21.6 Å². The molecule has 0 bridgehead atoms. The number of anilines is 1. The number of aryl methyl sites for hydroxylation is 2. The van der Waals surface area contributed by atoms with Gasteiger partial charge in [-0.2, -0.15) is 13.2 Å². The number of alkyl halides is 3. The van der Waals surface area contributed by atoms with E-state index in [2.05, 4.69) is 9.97 Å². The van der Waals surface area contributed by atoms with Crippen LogP contribution in [0.5, 0.6) is 5.75 Å². The summed E-state index contributed by atoms with van der Waals surface area (Å²) in [4.78, 5) is 8.28. The van der Waals surface area contributed by atoms with E-state index in [0.29, 0.717) is 18.9 Å². The molecule has 0 aliphatic heterocycles. The number of fused-ring (bicyclic) bond motifs is 1. The molecule has 8 heteroatoms. The SMILES string of the molecule is CCn1cc(C2(Cc3ccc(C(F)(F)F)nc3)CCc3cc(OC)ccc32)nc1N. The van der Waals surface area contributed by atoms with Crippen molar-refractivity contribution in [1.29, 1.82) is 0 Å². The van der Waals surface area contributed by atoms with Gasteiger partial charge in [-0.05, 0) is 61.1 Å². The lowest BCUT2D eigenvalue weighted by Crippen LogP contribution is -2.28. The van der Waals surface area contributed by atoms with Crippen LogP contribution < -0.4 is 10.5 Å². The van der Waals surface area contributed by atoms with E-state index in [1.807, 2.05) is 35.9 Å². The van der Waals surface area contributed by atoms with Gasteiger partial charge in [0.2, 0.25) is 0 Å². The van der Waals surface area contributed by atoms with Crippen molar-refractivity contribution in [2.24, 2.45) is 0 Å². The van der Waals surface area contributed by atoms with Crippen molar-refractivity contribution in [2.45, 2.75) is 44.3 Å². The first-order valence-electron chi connectivity index (χ1n) is 9.79. The smallest absolute Gasteiger partial charge is 0.433 e. The molecule has 0 saturated carbocycles. The number of aromatic nitrogens is 3. The fourth-order valence-electron chi connectivity index (χ4n) is 4.35. The Kier molecular flexibility index (Phi) is 4.95. The fraction of sp³-hybridized carbons (Fsp3) is 0.364. The summed E-state index contributed by atoms with van der Waals surface area (Å²) in [6.45, 7) is 2.67. The maximum absolute atomic E-state index is 12.9. The second kappa shape index (κ2) is 7.34. The number of rotatable bonds is 5. The van der Waals surface area contributed by atoms with E-state index >= 15 is 0 Å². The lowest BCUT2D eigenvalue weighted by atomic mass is 9.74. The molecule has 0 radical (unpaired) electrons. The average molecular weight is 416 g/mol. The first-order chi connectivity index (χ1) is 14.3. The van der Waals surface area contributed by atoms with Crippen LogP contribution in [0.2, 0.25) is 0 Å². The normalized spacial score (nSPS) is 18.4. The van der Waals surface area contributed by atoms with E-state index in [9.17, 15) is 13.2 Å². The molecule has 0 fully saturated rings. The maximum Gasteiger partial charge on any atom is 0.433 e. The van der Waals surface area contributed by atoms with Crippen LogP contribution in [0.25, 0.3) is 0 Å². The number of ether oxygens (including phenoxy) is 1. The molecule has 5 nitrogen and oxygen atoms in total. The third-order valence-corrected chi connectivity index (χ3v) is 5.91. The highest BCUT2D eigenvalue weighted by molar-refractivity contribution is 5.51. The monoisotopic (exact) mass is 416 g/mol. The van der Waals surface area contributed by atoms with Crippen molar-refractivity contribution >= 4 is 5.95 Å². The minimum atomic E-state index is -4.46. The number of methoxy groups -OCH3 is 1. The Hall–Kier alpha value is -3.03. The van der Waals surface area contributed by atoms with Crippen molar-refractivity contribution in [3.63, 3.8) is 0 Å². The minimum Gasteiger partial charge on any atom is -0.497 e. The summed E-state index contributed by atoms with van der Waals surface area (Å²) in [6, 6.07) is 8.48. The van der Waals surface area contributed by atoms with Crippen LogP contribution in [0.3, 0.4) is 0 Å². The van der Waals surface area contributed by atoms with E-state index in [4.69, 9.17) is 10.5 Å². The second-order valence-corrected chi connectivity index (χ2v) is 7.60. The number of nitrogen functional groups attached to an aromatic ring is 1. The fourth-order valence-corrected chi connectivity index (χ4v) is 4.35. The number of halogens is 3. The van der Waals surface area contributed by atoms with E-state index in [1.165, 1.54) is 12.3 Å². The largest absolute Gasteiger partial charge is 0.497 e. The number of hydrogen-bond acceptors (Lipinski definition) is 4. The molecule has 1 aliphatic rings. The van der Waals surface area contributed by atoms with E-state index in [0.717, 1.165) is 47.0 Å². The Morgan fingerprint density at radius 3 is 2.63 bits per heavy atom. The van der Waals surface area contributed by atoms with Gasteiger partial charge in [-0.15, -0.1) is 0 Å². The molecule has 3 aromatic rings. The standard InChI is InChI=1S/C22H23F3N4O/c1-3-29-13-19(28-20(29)26)21(9-8-15-10-16(30-2)5-6-17(15)21)11-14-4-7-18(27-12-14)22(23,24)25/h4-7,10,12-13H,3,8-9,11H2,1-2H3,(H2,26,28). The molecule has 158 valence electrons. The van der Waals surface area contributed by atoms with Gasteiger partial charge in [-0.3, -0.25) is 4.98 Å². The second-order valence-electron chi connectivity index (χ2n) is 7.60. The van der Waals surface area contributed by atoms with Gasteiger partial charge in [-0.25, -0.2) is 4.98 Å². The van der Waals surface area contributed by atoms with Crippen LogP contribution in [-0.2, 0) is 31.0 Å². The zero-order valence-corrected chi connectivity index (χ0v) is 16.8. The van der Waals surface area contributed by atoms with Crippen molar-refractivity contribution in [3.05, 3.63) is 70.8 Å². The topological polar surface area (TPSA) is 66.0 Å². The van der Waals surface area contributed by atoms with Gasteiger partial charge in [-0.1, -0.05) is 12.1 Å². The zero-order chi connectivity index (χ0) is 21.5. The quantitative estimate of drug-likeness (QED) is 0.670. The molecule has 30 heavy (non-hydrogen) atoms. The van der Waals surface area contributed by atoms with Gasteiger partial charge in [0.25, 0.3) is 0 Å². The Balaban J connectivity index is 1.80. The molecule has 2 N–H and O–H groups in total. The summed E-state index contributed by atoms with van der Waals surface area (Å²) in [5.41, 5.74) is 8.51. The molecule has 0 saturated heterocycles. The molecule has 1 atom stereocenters. The number of hydrogen-bond donors (Lipinski definition) is 1. The molecule has 1 aromatic carbocycles. The number of pyridine rings is 1. The van der Waals surface area contributed by atoms with Crippen molar-refractivity contribution in [3.8, 4) is 5.75 Å². The summed E-state index contributed by atoms with van der Waals surface area (Å²) < 4.78 is 46.0. The van der Waals surface area contributed by atoms with Crippen LogP contribution >= 0.6 is 0 Å². The van der Waals surface area contributed by atoms with E-state index in [1.54, 1.807) is 7.11 Å². The molecule has 2 aromatic heterocycles. The molecule has 1 aliphatic carbocycles. The third kappa shape index (κ3) is 3.40. The molecular formula is C22H23F3N4O. The Morgan fingerprint density at radius 2 is 2.03 bits per heavy atom. The highest BCUT2D eigenvalue weighted by Gasteiger charge is 2.43. The van der Waals surface area contributed by atoms with Crippen molar-refractivity contribution < 1.29 is 17.9 Å². The van der Waals surface area contributed by atoms with Gasteiger partial charge in [0.05, 0.1) is 12.8 Å². The lowest BCUT2D eigenvalue weighted by molar-refractivity contribution is -0.141. The summed E-state index contributed by atoms with van der Waals surface area (Å²) >= 11 is 0. The predicted octanol–water partition coefficient (Wildman–Crippen LogP) is 4.38. The van der Waals surface area contributed by atoms with Crippen LogP contribution in [0.1, 0.15) is 41.4 Å². The molecule has 0 spiro atoms. The lowest BCUT2D eigenvalue weighted by Gasteiger charge is -2.29. The Labute approximate surface area is 172 Å². The van der Waals surface area contributed by atoms with Crippen molar-refractivity contribution in [2.75, 3.05) is 12.8 Å². The average Bonchev–Trinajstić information content (AvgIpc) is 3.28. The van der Waals surface area contributed by atoms with Crippen LogP contribution in [0.4, 0.5) is 19.1 Å². The minimum absolute atomic E-state index is 0.430. The van der Waals surface area contributed by atoms with Gasteiger partial charge in [0.15, 0.2) is 5.95 Å². The summed E-state index contributed by atoms with van der Waals surface area (Å²) in [5.74, 6) is 1.21. The van der Waals surface area contributed by atoms with Gasteiger partial charge in [0, 0.05) is 24.4 Å². The zero-order valence-electron chi connectivity index (χ0n) is 16.8. The Bertz CT molecular complexity index is 1060. The van der Waals surface area contributed by atoms with Crippen molar-refractivity contribution in [1.82, 2.24) is 14.5 Å². The Morgan fingerprint density at radius 1 is 1.23 bits per heavy atom.